The molecule has 0 aliphatic heterocycles. The van der Waals surface area contributed by atoms with Gasteiger partial charge in [0.15, 0.2) is 0 Å². The molecule has 1 aromatic carbocycles. The second-order valence-electron chi connectivity index (χ2n) is 5.02. The summed E-state index contributed by atoms with van der Waals surface area (Å²) in [6.45, 7) is -0.0159. The van der Waals surface area contributed by atoms with E-state index in [2.05, 4.69) is 15.6 Å². The van der Waals surface area contributed by atoms with E-state index in [4.69, 9.17) is 14.2 Å². The summed E-state index contributed by atoms with van der Waals surface area (Å²) in [6, 6.07) is 7.92. The van der Waals surface area contributed by atoms with Crippen molar-refractivity contribution < 1.29 is 24.1 Å². The van der Waals surface area contributed by atoms with Crippen LogP contribution in [0.25, 0.3) is 0 Å². The molecule has 2 amide bonds. The highest BCUT2D eigenvalue weighted by molar-refractivity contribution is 5.90. The molecule has 0 radical (unpaired) electrons. The molecular weight excluding hydrogens is 326 g/mol. The molecule has 0 aliphatic carbocycles. The molecule has 3 N–H and O–H groups in total. The summed E-state index contributed by atoms with van der Waals surface area (Å²) in [5.41, 5.74) is 0.942. The van der Waals surface area contributed by atoms with Gasteiger partial charge in [-0.1, -0.05) is 0 Å². The van der Waals surface area contributed by atoms with Crippen LogP contribution < -0.4 is 24.8 Å². The number of urea groups is 1. The second-order valence-corrected chi connectivity index (χ2v) is 5.02. The van der Waals surface area contributed by atoms with Gasteiger partial charge in [0.2, 0.25) is 5.88 Å². The number of carbonyl (C=O) groups is 1. The third-order valence-electron chi connectivity index (χ3n) is 3.46. The summed E-state index contributed by atoms with van der Waals surface area (Å²) < 4.78 is 15.4. The Morgan fingerprint density at radius 3 is 2.68 bits per heavy atom. The number of anilines is 1. The maximum absolute atomic E-state index is 12.0. The van der Waals surface area contributed by atoms with Gasteiger partial charge < -0.3 is 30.0 Å². The molecule has 2 rings (SSSR count). The lowest BCUT2D eigenvalue weighted by molar-refractivity contribution is 0.170. The zero-order chi connectivity index (χ0) is 18.2. The van der Waals surface area contributed by atoms with Crippen LogP contribution in [0.2, 0.25) is 0 Å². The largest absolute Gasteiger partial charge is 0.497 e. The Hall–Kier alpha value is -3.00. The summed E-state index contributed by atoms with van der Waals surface area (Å²) >= 11 is 0. The van der Waals surface area contributed by atoms with Crippen LogP contribution in [0.5, 0.6) is 17.4 Å². The van der Waals surface area contributed by atoms with E-state index in [1.54, 1.807) is 36.5 Å². The fourth-order valence-corrected chi connectivity index (χ4v) is 2.21. The molecule has 0 aliphatic rings. The molecule has 2 aromatic rings. The molecule has 8 nitrogen and oxygen atoms in total. The molecule has 25 heavy (non-hydrogen) atoms. The monoisotopic (exact) mass is 347 g/mol. The number of ether oxygens (including phenoxy) is 3. The number of nitrogens with one attached hydrogen (secondary N) is 2. The lowest BCUT2D eigenvalue weighted by Crippen LogP contribution is -2.32. The van der Waals surface area contributed by atoms with Gasteiger partial charge in [0.1, 0.15) is 23.3 Å². The van der Waals surface area contributed by atoms with Crippen molar-refractivity contribution >= 4 is 11.7 Å². The average molecular weight is 347 g/mol. The summed E-state index contributed by atoms with van der Waals surface area (Å²) in [6.07, 6.45) is 0.590. The number of carbonyl (C=O) groups excluding carboxylic acids is 1. The van der Waals surface area contributed by atoms with Crippen molar-refractivity contribution in [3.8, 4) is 17.4 Å². The molecule has 0 bridgehead atoms. The second kappa shape index (κ2) is 8.74. The number of methoxy groups -OCH3 is 3. The Morgan fingerprint density at radius 2 is 2.00 bits per heavy atom. The van der Waals surface area contributed by atoms with Crippen LogP contribution >= 0.6 is 0 Å². The predicted molar refractivity (Wildman–Crippen MR) is 92.3 cm³/mol. The van der Waals surface area contributed by atoms with Crippen LogP contribution in [0.1, 0.15) is 11.7 Å². The Labute approximate surface area is 145 Å². The number of hydrogen-bond acceptors (Lipinski definition) is 6. The van der Waals surface area contributed by atoms with E-state index >= 15 is 0 Å². The summed E-state index contributed by atoms with van der Waals surface area (Å²) in [4.78, 5) is 16.0. The van der Waals surface area contributed by atoms with E-state index in [-0.39, 0.29) is 6.54 Å². The highest BCUT2D eigenvalue weighted by Crippen LogP contribution is 2.29. The van der Waals surface area contributed by atoms with E-state index < -0.39 is 12.1 Å². The minimum absolute atomic E-state index is 0.0159. The van der Waals surface area contributed by atoms with E-state index in [0.29, 0.717) is 28.6 Å². The smallest absolute Gasteiger partial charge is 0.319 e. The summed E-state index contributed by atoms with van der Waals surface area (Å²) in [5, 5.41) is 15.6. The zero-order valence-electron chi connectivity index (χ0n) is 14.3. The highest BCUT2D eigenvalue weighted by atomic mass is 16.5. The Morgan fingerprint density at radius 1 is 1.20 bits per heavy atom. The van der Waals surface area contributed by atoms with Crippen molar-refractivity contribution in [2.75, 3.05) is 33.2 Å². The molecule has 1 atom stereocenters. The minimum Gasteiger partial charge on any atom is -0.497 e. The number of nitrogens with zero attached hydrogens (tertiary/aromatic N) is 1. The molecule has 1 heterocycles. The quantitative estimate of drug-likeness (QED) is 0.708. The summed E-state index contributed by atoms with van der Waals surface area (Å²) in [5.74, 6) is 1.39. The van der Waals surface area contributed by atoms with Gasteiger partial charge >= 0.3 is 6.03 Å². The van der Waals surface area contributed by atoms with E-state index in [0.717, 1.165) is 0 Å². The third kappa shape index (κ3) is 4.74. The fraction of sp³-hybridized carbons (Fsp3) is 0.294. The number of amides is 2. The van der Waals surface area contributed by atoms with Gasteiger partial charge in [-0.2, -0.15) is 0 Å². The number of aromatic nitrogens is 1. The fourth-order valence-electron chi connectivity index (χ4n) is 2.21. The molecule has 0 unspecified atom stereocenters. The number of hydrogen-bond donors (Lipinski definition) is 3. The number of pyridine rings is 1. The average Bonchev–Trinajstić information content (AvgIpc) is 2.65. The van der Waals surface area contributed by atoms with Gasteiger partial charge in [-0.15, -0.1) is 0 Å². The van der Waals surface area contributed by atoms with Crippen LogP contribution in [0, 0.1) is 0 Å². The first-order valence-corrected chi connectivity index (χ1v) is 7.53. The topological polar surface area (TPSA) is 102 Å². The number of rotatable bonds is 7. The van der Waals surface area contributed by atoms with Gasteiger partial charge in [-0.3, -0.25) is 0 Å². The Balaban J connectivity index is 1.99. The van der Waals surface area contributed by atoms with Gasteiger partial charge in [-0.25, -0.2) is 9.78 Å². The van der Waals surface area contributed by atoms with Gasteiger partial charge in [-0.05, 0) is 30.3 Å². The van der Waals surface area contributed by atoms with Crippen LogP contribution in [0.15, 0.2) is 36.5 Å². The van der Waals surface area contributed by atoms with Crippen molar-refractivity contribution in [1.29, 1.82) is 0 Å². The molecule has 0 saturated heterocycles. The first-order valence-electron chi connectivity index (χ1n) is 7.53. The van der Waals surface area contributed by atoms with Crippen molar-refractivity contribution in [1.82, 2.24) is 10.3 Å². The summed E-state index contributed by atoms with van der Waals surface area (Å²) in [7, 11) is 4.50. The van der Waals surface area contributed by atoms with Gasteiger partial charge in [0.25, 0.3) is 0 Å². The Bertz CT molecular complexity index is 723. The standard InChI is InChI=1S/C17H21N3O5/c1-23-11-6-7-15(24-2)12(9-11)14(21)10-19-17(22)20-13-5-4-8-18-16(13)25-3/h4-9,14,21H,10H2,1-3H3,(H2,19,20,22)/t14-/m1/s1. The normalized spacial score (nSPS) is 11.4. The molecule has 0 saturated carbocycles. The van der Waals surface area contributed by atoms with Crippen molar-refractivity contribution in [2.45, 2.75) is 6.10 Å². The predicted octanol–water partition coefficient (Wildman–Crippen LogP) is 1.96. The van der Waals surface area contributed by atoms with Crippen LogP contribution in [0.3, 0.4) is 0 Å². The van der Waals surface area contributed by atoms with E-state index in [9.17, 15) is 9.90 Å². The molecule has 1 aromatic heterocycles. The molecule has 134 valence electrons. The maximum Gasteiger partial charge on any atom is 0.319 e. The first kappa shape index (κ1) is 18.3. The number of aliphatic hydroxyl groups is 1. The SMILES string of the molecule is COc1ccc(OC)c([C@H](O)CNC(=O)Nc2cccnc2OC)c1. The molecule has 0 fully saturated rings. The van der Waals surface area contributed by atoms with Gasteiger partial charge in [0, 0.05) is 18.3 Å². The minimum atomic E-state index is -0.966. The Kier molecular flexibility index (Phi) is 6.41. The van der Waals surface area contributed by atoms with E-state index in [1.165, 1.54) is 21.3 Å². The van der Waals surface area contributed by atoms with Crippen molar-refractivity contribution in [3.05, 3.63) is 42.1 Å². The lowest BCUT2D eigenvalue weighted by atomic mass is 10.1. The van der Waals surface area contributed by atoms with Gasteiger partial charge in [0.05, 0.1) is 21.3 Å². The first-order chi connectivity index (χ1) is 12.1. The lowest BCUT2D eigenvalue weighted by Gasteiger charge is -2.17. The van der Waals surface area contributed by atoms with E-state index in [1.807, 2.05) is 0 Å². The van der Waals surface area contributed by atoms with Crippen molar-refractivity contribution in [3.63, 3.8) is 0 Å². The molecule has 8 heteroatoms. The zero-order valence-corrected chi connectivity index (χ0v) is 14.3. The maximum atomic E-state index is 12.0. The van der Waals surface area contributed by atoms with Crippen LogP contribution in [-0.2, 0) is 0 Å². The third-order valence-corrected chi connectivity index (χ3v) is 3.46. The highest BCUT2D eigenvalue weighted by Gasteiger charge is 2.16. The number of aliphatic hydroxyl groups excluding tert-OH is 1. The van der Waals surface area contributed by atoms with Crippen molar-refractivity contribution in [2.24, 2.45) is 0 Å². The molecule has 0 spiro atoms. The van der Waals surface area contributed by atoms with Crippen LogP contribution in [0.4, 0.5) is 10.5 Å². The van der Waals surface area contributed by atoms with Crippen LogP contribution in [-0.4, -0.2) is 44.0 Å². The number of benzene rings is 1. The molecular formula is C17H21N3O5.